The molecule has 0 aliphatic rings. The Balaban J connectivity index is 2.14. The number of H-pyrrole nitrogens is 1. The van der Waals surface area contributed by atoms with Crippen molar-refractivity contribution in [2.75, 3.05) is 0 Å². The number of aromatic nitrogens is 4. The van der Waals surface area contributed by atoms with Gasteiger partial charge in [0.15, 0.2) is 5.60 Å². The van der Waals surface area contributed by atoms with E-state index >= 15 is 0 Å². The predicted molar refractivity (Wildman–Crippen MR) is 78.2 cm³/mol. The molecule has 1 atom stereocenters. The molecule has 0 saturated carbocycles. The van der Waals surface area contributed by atoms with E-state index in [0.29, 0.717) is 22.5 Å². The van der Waals surface area contributed by atoms with Crippen LogP contribution in [0.3, 0.4) is 0 Å². The number of aliphatic hydroxyl groups is 1. The largest absolute Gasteiger partial charge is 0.372 e. The Morgan fingerprint density at radius 2 is 1.82 bits per heavy atom. The third-order valence-electron chi connectivity index (χ3n) is 3.43. The van der Waals surface area contributed by atoms with Gasteiger partial charge in [0.1, 0.15) is 0 Å². The van der Waals surface area contributed by atoms with Crippen LogP contribution in [0.2, 0.25) is 0 Å². The number of carbonyl (C=O) groups is 1. The van der Waals surface area contributed by atoms with Gasteiger partial charge in [-0.2, -0.15) is 5.21 Å². The molecule has 3 aromatic rings. The molecular formula is C15H13N5O2. The summed E-state index contributed by atoms with van der Waals surface area (Å²) < 4.78 is 0. The lowest BCUT2D eigenvalue weighted by Gasteiger charge is -2.26. The zero-order valence-corrected chi connectivity index (χ0v) is 11.5. The molecule has 3 rings (SSSR count). The number of rotatable bonds is 4. The number of aromatic amines is 1. The van der Waals surface area contributed by atoms with Gasteiger partial charge in [0.2, 0.25) is 5.82 Å². The van der Waals surface area contributed by atoms with Crippen LogP contribution in [0.25, 0.3) is 11.4 Å². The fourth-order valence-corrected chi connectivity index (χ4v) is 2.30. The van der Waals surface area contributed by atoms with Crippen molar-refractivity contribution in [2.24, 2.45) is 5.73 Å². The van der Waals surface area contributed by atoms with Gasteiger partial charge in [0.25, 0.3) is 5.91 Å². The van der Waals surface area contributed by atoms with Crippen LogP contribution in [0, 0.1) is 0 Å². The van der Waals surface area contributed by atoms with Crippen molar-refractivity contribution in [1.29, 1.82) is 0 Å². The first-order valence-corrected chi connectivity index (χ1v) is 6.54. The van der Waals surface area contributed by atoms with Gasteiger partial charge in [-0.05, 0) is 22.4 Å². The zero-order valence-electron chi connectivity index (χ0n) is 11.5. The van der Waals surface area contributed by atoms with E-state index in [0.717, 1.165) is 0 Å². The van der Waals surface area contributed by atoms with E-state index in [1.807, 2.05) is 0 Å². The normalized spacial score (nSPS) is 13.5. The first kappa shape index (κ1) is 13.9. The number of nitrogens with two attached hydrogens (primary N) is 1. The van der Waals surface area contributed by atoms with Gasteiger partial charge in [-0.3, -0.25) is 4.79 Å². The van der Waals surface area contributed by atoms with Crippen molar-refractivity contribution < 1.29 is 9.90 Å². The summed E-state index contributed by atoms with van der Waals surface area (Å²) in [5.74, 6) is -0.495. The Labute approximate surface area is 125 Å². The highest BCUT2D eigenvalue weighted by molar-refractivity contribution is 5.89. The lowest BCUT2D eigenvalue weighted by molar-refractivity contribution is -0.133. The highest BCUT2D eigenvalue weighted by atomic mass is 16.3. The minimum atomic E-state index is -1.93. The van der Waals surface area contributed by atoms with E-state index < -0.39 is 11.5 Å². The second kappa shape index (κ2) is 5.38. The molecule has 0 spiro atoms. The molecule has 0 bridgehead atoms. The van der Waals surface area contributed by atoms with Crippen LogP contribution < -0.4 is 5.73 Å². The number of hydrogen-bond acceptors (Lipinski definition) is 5. The summed E-state index contributed by atoms with van der Waals surface area (Å²) in [6.45, 7) is 0. The molecular weight excluding hydrogens is 282 g/mol. The fourth-order valence-electron chi connectivity index (χ4n) is 2.30. The van der Waals surface area contributed by atoms with E-state index in [4.69, 9.17) is 5.73 Å². The van der Waals surface area contributed by atoms with Crippen molar-refractivity contribution in [3.05, 3.63) is 65.7 Å². The second-order valence-electron chi connectivity index (χ2n) is 4.76. The highest BCUT2D eigenvalue weighted by Gasteiger charge is 2.38. The maximum absolute atomic E-state index is 11.9. The van der Waals surface area contributed by atoms with Crippen LogP contribution in [-0.4, -0.2) is 31.6 Å². The maximum atomic E-state index is 11.9. The zero-order chi connectivity index (χ0) is 15.6. The molecule has 0 aliphatic carbocycles. The van der Waals surface area contributed by atoms with Gasteiger partial charge in [0.05, 0.1) is 0 Å². The Hall–Kier alpha value is -3.06. The summed E-state index contributed by atoms with van der Waals surface area (Å²) in [6.07, 6.45) is 0. The summed E-state index contributed by atoms with van der Waals surface area (Å²) in [4.78, 5) is 11.9. The second-order valence-corrected chi connectivity index (χ2v) is 4.76. The van der Waals surface area contributed by atoms with Crippen LogP contribution in [0.15, 0.2) is 54.6 Å². The molecule has 7 nitrogen and oxygen atoms in total. The smallest absolute Gasteiger partial charge is 0.258 e. The molecule has 4 N–H and O–H groups in total. The molecule has 7 heteroatoms. The minimum absolute atomic E-state index is 0.341. The van der Waals surface area contributed by atoms with Crippen molar-refractivity contribution >= 4 is 5.91 Å². The van der Waals surface area contributed by atoms with Gasteiger partial charge in [-0.15, -0.1) is 10.2 Å². The molecule has 0 fully saturated rings. The number of primary amides is 1. The van der Waals surface area contributed by atoms with E-state index in [1.165, 1.54) is 0 Å². The molecule has 1 unspecified atom stereocenters. The highest BCUT2D eigenvalue weighted by Crippen LogP contribution is 2.31. The van der Waals surface area contributed by atoms with Gasteiger partial charge < -0.3 is 10.8 Å². The third kappa shape index (κ3) is 2.23. The van der Waals surface area contributed by atoms with E-state index in [2.05, 4.69) is 20.6 Å². The quantitative estimate of drug-likeness (QED) is 0.651. The van der Waals surface area contributed by atoms with Crippen LogP contribution in [0.5, 0.6) is 0 Å². The Bertz CT molecular complexity index is 789. The standard InChI is InChI=1S/C15H13N5O2/c16-14(21)15(22,11-6-2-1-3-7-11)12-8-4-5-10(9-12)13-17-19-20-18-13/h1-9,22H,(H2,16,21)(H,17,18,19,20). The number of amides is 1. The van der Waals surface area contributed by atoms with E-state index in [-0.39, 0.29) is 0 Å². The molecule has 1 amide bonds. The van der Waals surface area contributed by atoms with E-state index in [9.17, 15) is 9.90 Å². The fraction of sp³-hybridized carbons (Fsp3) is 0.0667. The van der Waals surface area contributed by atoms with Crippen molar-refractivity contribution in [2.45, 2.75) is 5.60 Å². The number of benzene rings is 2. The van der Waals surface area contributed by atoms with Gasteiger partial charge >= 0.3 is 0 Å². The lowest BCUT2D eigenvalue weighted by Crippen LogP contribution is -2.42. The average molecular weight is 295 g/mol. The summed E-state index contributed by atoms with van der Waals surface area (Å²) in [7, 11) is 0. The molecule has 0 saturated heterocycles. The van der Waals surface area contributed by atoms with Gasteiger partial charge in [-0.25, -0.2) is 0 Å². The maximum Gasteiger partial charge on any atom is 0.258 e. The lowest BCUT2D eigenvalue weighted by atomic mass is 9.85. The number of nitrogens with zero attached hydrogens (tertiary/aromatic N) is 3. The molecule has 2 aromatic carbocycles. The Morgan fingerprint density at radius 1 is 1.09 bits per heavy atom. The molecule has 1 heterocycles. The van der Waals surface area contributed by atoms with Crippen LogP contribution in [0.4, 0.5) is 0 Å². The monoisotopic (exact) mass is 295 g/mol. The van der Waals surface area contributed by atoms with Crippen LogP contribution >= 0.6 is 0 Å². The molecule has 0 aliphatic heterocycles. The van der Waals surface area contributed by atoms with E-state index in [1.54, 1.807) is 54.6 Å². The topological polar surface area (TPSA) is 118 Å². The SMILES string of the molecule is NC(=O)C(O)(c1ccccc1)c1cccc(-c2nn[nH]n2)c1. The summed E-state index contributed by atoms with van der Waals surface area (Å²) >= 11 is 0. The molecule has 1 aromatic heterocycles. The molecule has 110 valence electrons. The van der Waals surface area contributed by atoms with Crippen molar-refractivity contribution in [1.82, 2.24) is 20.6 Å². The van der Waals surface area contributed by atoms with Crippen molar-refractivity contribution in [3.63, 3.8) is 0 Å². The summed E-state index contributed by atoms with van der Waals surface area (Å²) in [6, 6.07) is 15.2. The van der Waals surface area contributed by atoms with Crippen LogP contribution in [-0.2, 0) is 10.4 Å². The first-order chi connectivity index (χ1) is 10.6. The Kier molecular flexibility index (Phi) is 3.40. The molecule has 22 heavy (non-hydrogen) atoms. The molecule has 0 radical (unpaired) electrons. The third-order valence-corrected chi connectivity index (χ3v) is 3.43. The minimum Gasteiger partial charge on any atom is -0.372 e. The number of tetrazole rings is 1. The average Bonchev–Trinajstić information content (AvgIpc) is 3.09. The van der Waals surface area contributed by atoms with Gasteiger partial charge in [-0.1, -0.05) is 48.5 Å². The van der Waals surface area contributed by atoms with Gasteiger partial charge in [0, 0.05) is 5.56 Å². The number of carbonyl (C=O) groups excluding carboxylic acids is 1. The van der Waals surface area contributed by atoms with Crippen LogP contribution in [0.1, 0.15) is 11.1 Å². The van der Waals surface area contributed by atoms with Crippen molar-refractivity contribution in [3.8, 4) is 11.4 Å². The summed E-state index contributed by atoms with van der Waals surface area (Å²) in [5, 5.41) is 24.5. The first-order valence-electron chi connectivity index (χ1n) is 6.54. The number of hydrogen-bond donors (Lipinski definition) is 3. The summed E-state index contributed by atoms with van der Waals surface area (Å²) in [5.41, 5.74) is 4.89. The number of nitrogens with one attached hydrogen (secondary N) is 1. The Morgan fingerprint density at radius 3 is 2.45 bits per heavy atom. The predicted octanol–water partition coefficient (Wildman–Crippen LogP) is 0.588.